The Morgan fingerprint density at radius 1 is 0.731 bits per heavy atom. The van der Waals surface area contributed by atoms with Crippen LogP contribution < -0.4 is 0 Å². The van der Waals surface area contributed by atoms with E-state index < -0.39 is 11.7 Å². The molecule has 0 saturated carbocycles. The third-order valence-electron chi connectivity index (χ3n) is 4.22. The Bertz CT molecular complexity index is 786. The van der Waals surface area contributed by atoms with E-state index in [0.29, 0.717) is 6.29 Å². The summed E-state index contributed by atoms with van der Waals surface area (Å²) in [6, 6.07) is 29.0. The number of hydrogen-bond acceptors (Lipinski definition) is 3. The third-order valence-corrected chi connectivity index (χ3v) is 4.22. The van der Waals surface area contributed by atoms with Crippen LogP contribution in [0.3, 0.4) is 0 Å². The van der Waals surface area contributed by atoms with Crippen molar-refractivity contribution in [3.05, 3.63) is 114 Å². The van der Waals surface area contributed by atoms with Gasteiger partial charge in [0.25, 0.3) is 0 Å². The van der Waals surface area contributed by atoms with E-state index in [4.69, 9.17) is 4.74 Å². The van der Waals surface area contributed by atoms with Crippen LogP contribution in [0.5, 0.6) is 0 Å². The largest absolute Gasteiger partial charge is 0.345 e. The number of aldehydes is 1. The van der Waals surface area contributed by atoms with Crippen molar-refractivity contribution >= 4 is 12.2 Å². The fraction of sp³-hybridized carbons (Fsp3) is 0.0870. The molecule has 3 aromatic carbocycles. The minimum atomic E-state index is -1.04. The van der Waals surface area contributed by atoms with E-state index in [-0.39, 0.29) is 0 Å². The number of carbonyl (C=O) groups is 1. The summed E-state index contributed by atoms with van der Waals surface area (Å²) >= 11 is 0. The molecule has 0 radical (unpaired) electrons. The molecule has 0 aromatic heterocycles. The molecule has 0 spiro atoms. The third kappa shape index (κ3) is 3.40. The average molecular weight is 342 g/mol. The van der Waals surface area contributed by atoms with Crippen molar-refractivity contribution in [3.8, 4) is 0 Å². The lowest BCUT2D eigenvalue weighted by atomic mass is 9.80. The van der Waals surface area contributed by atoms with Gasteiger partial charge < -0.3 is 9.53 Å². The number of rotatable bonds is 7. The van der Waals surface area contributed by atoms with E-state index in [1.807, 2.05) is 91.0 Å². The highest BCUT2D eigenvalue weighted by Gasteiger charge is 2.39. The highest BCUT2D eigenvalue weighted by Crippen LogP contribution is 2.41. The van der Waals surface area contributed by atoms with Crippen molar-refractivity contribution in [2.45, 2.75) is 11.7 Å². The zero-order valence-corrected chi connectivity index (χ0v) is 14.1. The van der Waals surface area contributed by atoms with Gasteiger partial charge in [0.2, 0.25) is 0 Å². The van der Waals surface area contributed by atoms with Gasteiger partial charge in [0.1, 0.15) is 17.6 Å². The fourth-order valence-corrected chi connectivity index (χ4v) is 3.09. The molecule has 3 aromatic rings. The van der Waals surface area contributed by atoms with E-state index in [0.717, 1.165) is 22.8 Å². The minimum absolute atomic E-state index is 0.606. The van der Waals surface area contributed by atoms with Crippen LogP contribution in [-0.2, 0) is 19.9 Å². The van der Waals surface area contributed by atoms with Crippen molar-refractivity contribution in [2.75, 3.05) is 0 Å². The zero-order chi connectivity index (χ0) is 18.2. The molecule has 0 aliphatic rings. The van der Waals surface area contributed by atoms with Gasteiger partial charge in [-0.15, -0.1) is 0 Å². The normalized spacial score (nSPS) is 12.0. The minimum Gasteiger partial charge on any atom is -0.345 e. The molecule has 1 atom stereocenters. The van der Waals surface area contributed by atoms with Gasteiger partial charge in [-0.1, -0.05) is 91.0 Å². The molecule has 0 fully saturated rings. The summed E-state index contributed by atoms with van der Waals surface area (Å²) < 4.78 is 6.30. The zero-order valence-electron chi connectivity index (χ0n) is 14.1. The number of benzene rings is 3. The Kier molecular flexibility index (Phi) is 5.55. The van der Waals surface area contributed by atoms with Crippen LogP contribution in [0.2, 0.25) is 0 Å². The van der Waals surface area contributed by atoms with Crippen molar-refractivity contribution < 1.29 is 14.3 Å². The standard InChI is InChI=1S/C23H18O3/c24-17-16-22(18-25)26-23(19-10-4-1-5-11-19,20-12-6-2-7-13-20)21-14-8-3-9-15-21/h1-16,18,22H. The van der Waals surface area contributed by atoms with Gasteiger partial charge in [-0.25, -0.2) is 4.79 Å². The molecule has 26 heavy (non-hydrogen) atoms. The summed E-state index contributed by atoms with van der Waals surface area (Å²) in [5, 5.41) is 0. The van der Waals surface area contributed by atoms with E-state index >= 15 is 0 Å². The molecular weight excluding hydrogens is 324 g/mol. The van der Waals surface area contributed by atoms with E-state index in [9.17, 15) is 9.59 Å². The number of ether oxygens (including phenoxy) is 1. The van der Waals surface area contributed by atoms with Gasteiger partial charge in [-0.2, -0.15) is 0 Å². The maximum absolute atomic E-state index is 11.5. The monoisotopic (exact) mass is 342 g/mol. The van der Waals surface area contributed by atoms with E-state index in [2.05, 4.69) is 0 Å². The Balaban J connectivity index is 2.31. The van der Waals surface area contributed by atoms with Crippen LogP contribution in [0.4, 0.5) is 0 Å². The van der Waals surface area contributed by atoms with Crippen molar-refractivity contribution in [2.24, 2.45) is 0 Å². The van der Waals surface area contributed by atoms with Crippen LogP contribution in [0, 0.1) is 0 Å². The van der Waals surface area contributed by atoms with Crippen LogP contribution >= 0.6 is 0 Å². The smallest absolute Gasteiger partial charge is 0.153 e. The highest BCUT2D eigenvalue weighted by molar-refractivity contribution is 5.65. The van der Waals surface area contributed by atoms with Crippen LogP contribution in [0.15, 0.2) is 97.1 Å². The van der Waals surface area contributed by atoms with Gasteiger partial charge in [0, 0.05) is 6.08 Å². The summed E-state index contributed by atoms with van der Waals surface area (Å²) in [4.78, 5) is 22.4. The van der Waals surface area contributed by atoms with Gasteiger partial charge in [0.15, 0.2) is 6.29 Å². The first-order valence-corrected chi connectivity index (χ1v) is 8.32. The summed E-state index contributed by atoms with van der Waals surface area (Å²) in [6.45, 7) is 0. The maximum atomic E-state index is 11.5. The van der Waals surface area contributed by atoms with E-state index in [1.165, 1.54) is 0 Å². The van der Waals surface area contributed by atoms with Crippen molar-refractivity contribution in [1.82, 2.24) is 0 Å². The molecule has 0 N–H and O–H groups in total. The van der Waals surface area contributed by atoms with Gasteiger partial charge in [-0.05, 0) is 16.7 Å². The molecule has 0 saturated heterocycles. The quantitative estimate of drug-likeness (QED) is 0.371. The molecule has 1 unspecified atom stereocenters. The summed E-state index contributed by atoms with van der Waals surface area (Å²) in [7, 11) is 0. The van der Waals surface area contributed by atoms with Gasteiger partial charge >= 0.3 is 0 Å². The molecular formula is C23H18O3. The molecule has 128 valence electrons. The Labute approximate surface area is 152 Å². The fourth-order valence-electron chi connectivity index (χ4n) is 3.09. The second-order valence-corrected chi connectivity index (χ2v) is 5.78. The molecule has 3 rings (SSSR count). The number of hydrogen-bond donors (Lipinski definition) is 0. The van der Waals surface area contributed by atoms with E-state index in [1.54, 1.807) is 5.94 Å². The first-order valence-electron chi connectivity index (χ1n) is 8.32. The first-order chi connectivity index (χ1) is 12.8. The lowest BCUT2D eigenvalue weighted by Crippen LogP contribution is -2.37. The predicted octanol–water partition coefficient (Wildman–Crippen LogP) is 3.95. The second kappa shape index (κ2) is 8.21. The van der Waals surface area contributed by atoms with Gasteiger partial charge in [-0.3, -0.25) is 0 Å². The topological polar surface area (TPSA) is 43.4 Å². The molecule has 0 aliphatic heterocycles. The van der Waals surface area contributed by atoms with Crippen LogP contribution in [0.1, 0.15) is 16.7 Å². The molecule has 0 aliphatic carbocycles. The predicted molar refractivity (Wildman–Crippen MR) is 100 cm³/mol. The Morgan fingerprint density at radius 3 is 1.42 bits per heavy atom. The molecule has 0 bridgehead atoms. The lowest BCUT2D eigenvalue weighted by molar-refractivity contribution is -0.121. The van der Waals surface area contributed by atoms with Gasteiger partial charge in [0.05, 0.1) is 0 Å². The molecule has 3 heteroatoms. The SMILES string of the molecule is O=C=CC(C=O)OC(c1ccccc1)(c1ccccc1)c1ccccc1. The Hall–Kier alpha value is -3.26. The first kappa shape index (κ1) is 17.6. The van der Waals surface area contributed by atoms with Crippen molar-refractivity contribution in [3.63, 3.8) is 0 Å². The molecule has 3 nitrogen and oxygen atoms in total. The van der Waals surface area contributed by atoms with Crippen molar-refractivity contribution in [1.29, 1.82) is 0 Å². The van der Waals surface area contributed by atoms with Crippen LogP contribution in [-0.4, -0.2) is 18.3 Å². The summed E-state index contributed by atoms with van der Waals surface area (Å²) in [6.07, 6.45) is 0.679. The van der Waals surface area contributed by atoms with Crippen LogP contribution in [0.25, 0.3) is 0 Å². The lowest BCUT2D eigenvalue weighted by Gasteiger charge is -2.37. The average Bonchev–Trinajstić information content (AvgIpc) is 2.73. The Morgan fingerprint density at radius 2 is 1.12 bits per heavy atom. The number of carbonyl (C=O) groups excluding carboxylic acids is 2. The summed E-state index contributed by atoms with van der Waals surface area (Å²) in [5.74, 6) is 1.66. The molecule has 0 heterocycles. The maximum Gasteiger partial charge on any atom is 0.153 e. The summed E-state index contributed by atoms with van der Waals surface area (Å²) in [5.41, 5.74) is 1.55. The highest BCUT2D eigenvalue weighted by atomic mass is 16.5. The second-order valence-electron chi connectivity index (χ2n) is 5.78. The molecule has 0 amide bonds.